The molecule has 4 saturated carbocycles. The van der Waals surface area contributed by atoms with Crippen LogP contribution < -0.4 is 10.6 Å². The zero-order valence-corrected chi connectivity index (χ0v) is 15.6. The number of amides is 2. The van der Waals surface area contributed by atoms with E-state index in [1.807, 2.05) is 0 Å². The maximum Gasteiger partial charge on any atom is 0.246 e. The zero-order chi connectivity index (χ0) is 18.5. The Morgan fingerprint density at radius 2 is 1.73 bits per heavy atom. The van der Waals surface area contributed by atoms with E-state index in [1.165, 1.54) is 37.5 Å². The fourth-order valence-corrected chi connectivity index (χ4v) is 5.81. The third-order valence-electron chi connectivity index (χ3n) is 6.45. The number of hydrogen-bond acceptors (Lipinski definition) is 2. The maximum atomic E-state index is 13.2. The first kappa shape index (κ1) is 17.8. The van der Waals surface area contributed by atoms with Crippen molar-refractivity contribution in [2.24, 2.45) is 23.2 Å². The van der Waals surface area contributed by atoms with Crippen molar-refractivity contribution in [3.8, 4) is 0 Å². The number of rotatable bonds is 4. The summed E-state index contributed by atoms with van der Waals surface area (Å²) in [6, 6.07) is 3.37. The number of anilines is 1. The molecule has 1 aromatic rings. The molecule has 4 nitrogen and oxygen atoms in total. The van der Waals surface area contributed by atoms with E-state index >= 15 is 0 Å². The zero-order valence-electron chi connectivity index (χ0n) is 14.9. The molecule has 26 heavy (non-hydrogen) atoms. The van der Waals surface area contributed by atoms with Crippen LogP contribution in [0.1, 0.15) is 45.4 Å². The lowest BCUT2D eigenvalue weighted by Crippen LogP contribution is -2.56. The van der Waals surface area contributed by atoms with Gasteiger partial charge in [0.25, 0.3) is 0 Å². The summed E-state index contributed by atoms with van der Waals surface area (Å²) in [4.78, 5) is 25.4. The van der Waals surface area contributed by atoms with Gasteiger partial charge < -0.3 is 10.6 Å². The first-order valence-electron chi connectivity index (χ1n) is 9.41. The summed E-state index contributed by atoms with van der Waals surface area (Å²) < 4.78 is 13.2. The smallest absolute Gasteiger partial charge is 0.246 e. The van der Waals surface area contributed by atoms with Gasteiger partial charge in [-0.15, -0.1) is 0 Å². The molecule has 0 aliphatic heterocycles. The summed E-state index contributed by atoms with van der Waals surface area (Å²) in [7, 11) is 0. The van der Waals surface area contributed by atoms with Gasteiger partial charge in [-0.3, -0.25) is 9.59 Å². The highest BCUT2D eigenvalue weighted by molar-refractivity contribution is 6.31. The lowest BCUT2D eigenvalue weighted by Gasteiger charge is -2.55. The molecule has 1 aromatic carbocycles. The third kappa shape index (κ3) is 3.22. The van der Waals surface area contributed by atoms with E-state index in [0.29, 0.717) is 23.4 Å². The van der Waals surface area contributed by atoms with E-state index < -0.39 is 11.9 Å². The minimum atomic E-state index is -0.653. The molecule has 4 bridgehead atoms. The second-order valence-electron chi connectivity index (χ2n) is 8.51. The van der Waals surface area contributed by atoms with Crippen LogP contribution in [0.25, 0.3) is 0 Å². The highest BCUT2D eigenvalue weighted by atomic mass is 35.5. The summed E-state index contributed by atoms with van der Waals surface area (Å²) >= 11 is 5.74. The molecular formula is C20H24ClFN2O2. The van der Waals surface area contributed by atoms with E-state index in [2.05, 4.69) is 10.6 Å². The van der Waals surface area contributed by atoms with Gasteiger partial charge in [-0.05, 0) is 81.4 Å². The molecule has 0 aromatic heterocycles. The van der Waals surface area contributed by atoms with Crippen LogP contribution in [0.3, 0.4) is 0 Å². The van der Waals surface area contributed by atoms with Crippen LogP contribution in [0, 0.1) is 29.0 Å². The highest BCUT2D eigenvalue weighted by Crippen LogP contribution is 2.60. The number of carbonyl (C=O) groups excluding carboxylic acids is 2. The van der Waals surface area contributed by atoms with E-state index in [9.17, 15) is 14.0 Å². The molecule has 0 unspecified atom stereocenters. The Labute approximate surface area is 157 Å². The molecule has 6 heteroatoms. The monoisotopic (exact) mass is 378 g/mol. The van der Waals surface area contributed by atoms with E-state index in [4.69, 9.17) is 11.6 Å². The van der Waals surface area contributed by atoms with Gasteiger partial charge in [-0.1, -0.05) is 11.6 Å². The van der Waals surface area contributed by atoms with Crippen molar-refractivity contribution >= 4 is 29.1 Å². The van der Waals surface area contributed by atoms with Gasteiger partial charge in [0.2, 0.25) is 11.8 Å². The Morgan fingerprint density at radius 1 is 1.15 bits per heavy atom. The standard InChI is InChI=1S/C20H24ClFN2O2/c1-11(18(25)24-15-2-3-17(22)16(21)7-15)23-19(26)20-8-12-4-13(9-20)6-14(5-12)10-20/h2-3,7,11-14H,4-6,8-10H2,1H3,(H,23,26)(H,24,25)/t11-,12?,13?,14?,20?/m0/s1. The number of carbonyl (C=O) groups is 2. The predicted molar refractivity (Wildman–Crippen MR) is 98.2 cm³/mol. The highest BCUT2D eigenvalue weighted by Gasteiger charge is 2.54. The van der Waals surface area contributed by atoms with Crippen LogP contribution >= 0.6 is 11.6 Å². The average molecular weight is 379 g/mol. The van der Waals surface area contributed by atoms with Crippen LogP contribution in [0.5, 0.6) is 0 Å². The lowest BCUT2D eigenvalue weighted by molar-refractivity contribution is -0.147. The molecule has 0 heterocycles. The predicted octanol–water partition coefficient (Wildman–Crippen LogP) is 4.14. The average Bonchev–Trinajstić information content (AvgIpc) is 2.57. The van der Waals surface area contributed by atoms with Crippen molar-refractivity contribution < 1.29 is 14.0 Å². The van der Waals surface area contributed by atoms with Gasteiger partial charge in [0.1, 0.15) is 11.9 Å². The Kier molecular flexibility index (Phi) is 4.46. The molecule has 2 amide bonds. The molecule has 4 aliphatic rings. The normalized spacial score (nSPS) is 33.0. The molecule has 5 rings (SSSR count). The summed E-state index contributed by atoms with van der Waals surface area (Å²) in [6.45, 7) is 1.68. The van der Waals surface area contributed by atoms with Crippen LogP contribution in [-0.2, 0) is 9.59 Å². The maximum absolute atomic E-state index is 13.2. The van der Waals surface area contributed by atoms with Crippen LogP contribution in [0.4, 0.5) is 10.1 Å². The minimum Gasteiger partial charge on any atom is -0.344 e. The molecule has 0 spiro atoms. The van der Waals surface area contributed by atoms with Crippen molar-refractivity contribution in [3.05, 3.63) is 29.0 Å². The molecule has 0 saturated heterocycles. The number of benzene rings is 1. The lowest BCUT2D eigenvalue weighted by atomic mass is 9.49. The SMILES string of the molecule is C[C@H](NC(=O)C12CC3CC(CC(C3)C1)C2)C(=O)Nc1ccc(F)c(Cl)c1. The third-order valence-corrected chi connectivity index (χ3v) is 6.74. The van der Waals surface area contributed by atoms with Crippen molar-refractivity contribution in [3.63, 3.8) is 0 Å². The van der Waals surface area contributed by atoms with Crippen LogP contribution in [0.2, 0.25) is 5.02 Å². The molecular weight excluding hydrogens is 355 g/mol. The fourth-order valence-electron chi connectivity index (χ4n) is 5.63. The molecule has 0 radical (unpaired) electrons. The Balaban J connectivity index is 1.39. The van der Waals surface area contributed by atoms with Gasteiger partial charge in [-0.25, -0.2) is 4.39 Å². The number of halogens is 2. The Morgan fingerprint density at radius 3 is 2.27 bits per heavy atom. The summed E-state index contributed by atoms with van der Waals surface area (Å²) in [5, 5.41) is 5.56. The summed E-state index contributed by atoms with van der Waals surface area (Å²) in [5.74, 6) is 1.20. The van der Waals surface area contributed by atoms with Gasteiger partial charge in [0.15, 0.2) is 0 Å². The van der Waals surface area contributed by atoms with E-state index in [-0.39, 0.29) is 22.3 Å². The minimum absolute atomic E-state index is 0.0244. The van der Waals surface area contributed by atoms with Crippen LogP contribution in [0.15, 0.2) is 18.2 Å². The largest absolute Gasteiger partial charge is 0.344 e. The molecule has 2 N–H and O–H groups in total. The first-order chi connectivity index (χ1) is 12.3. The van der Waals surface area contributed by atoms with Crippen molar-refractivity contribution in [2.75, 3.05) is 5.32 Å². The Bertz CT molecular complexity index is 716. The number of hydrogen-bond donors (Lipinski definition) is 2. The molecule has 1 atom stereocenters. The quantitative estimate of drug-likeness (QED) is 0.827. The van der Waals surface area contributed by atoms with E-state index in [0.717, 1.165) is 19.3 Å². The van der Waals surface area contributed by atoms with Gasteiger partial charge in [-0.2, -0.15) is 0 Å². The summed E-state index contributed by atoms with van der Waals surface area (Å²) in [6.07, 6.45) is 6.71. The Hall–Kier alpha value is -1.62. The second kappa shape index (κ2) is 6.52. The van der Waals surface area contributed by atoms with Gasteiger partial charge in [0.05, 0.1) is 5.02 Å². The first-order valence-corrected chi connectivity index (χ1v) is 9.79. The summed E-state index contributed by atoms with van der Waals surface area (Å²) in [5.41, 5.74) is 0.139. The number of nitrogens with one attached hydrogen (secondary N) is 2. The van der Waals surface area contributed by atoms with Crippen molar-refractivity contribution in [2.45, 2.75) is 51.5 Å². The van der Waals surface area contributed by atoms with Crippen molar-refractivity contribution in [1.29, 1.82) is 0 Å². The van der Waals surface area contributed by atoms with Crippen molar-refractivity contribution in [1.82, 2.24) is 5.32 Å². The second-order valence-corrected chi connectivity index (χ2v) is 8.92. The van der Waals surface area contributed by atoms with Crippen LogP contribution in [-0.4, -0.2) is 17.9 Å². The topological polar surface area (TPSA) is 58.2 Å². The fraction of sp³-hybridized carbons (Fsp3) is 0.600. The van der Waals surface area contributed by atoms with Gasteiger partial charge in [0, 0.05) is 11.1 Å². The molecule has 4 fully saturated rings. The molecule has 4 aliphatic carbocycles. The molecule has 140 valence electrons. The van der Waals surface area contributed by atoms with E-state index in [1.54, 1.807) is 6.92 Å². The van der Waals surface area contributed by atoms with Gasteiger partial charge >= 0.3 is 0 Å².